The lowest BCUT2D eigenvalue weighted by Gasteiger charge is -2.18. The van der Waals surface area contributed by atoms with Crippen molar-refractivity contribution in [3.63, 3.8) is 0 Å². The number of carbonyl (C=O) groups is 1. The molecule has 0 aliphatic rings. The fraction of sp³-hybridized carbons (Fsp3) is 0.0714. The smallest absolute Gasteiger partial charge is 0.352 e. The Labute approximate surface area is 125 Å². The van der Waals surface area contributed by atoms with E-state index in [1.807, 2.05) is 0 Å². The lowest BCUT2D eigenvalue weighted by molar-refractivity contribution is 0.0691. The van der Waals surface area contributed by atoms with Gasteiger partial charge in [-0.25, -0.2) is 4.79 Å². The first-order valence-corrected chi connectivity index (χ1v) is 7.73. The van der Waals surface area contributed by atoms with Gasteiger partial charge in [0.2, 0.25) is 5.09 Å². The number of hydrogen-bond acceptors (Lipinski definition) is 4. The highest BCUT2D eigenvalue weighted by Crippen LogP contribution is 2.30. The normalized spacial score (nSPS) is 11.7. The van der Waals surface area contributed by atoms with Gasteiger partial charge in [0.05, 0.1) is 17.5 Å². The number of aromatic carboxylic acids is 1. The van der Waals surface area contributed by atoms with Gasteiger partial charge in [0.15, 0.2) is 0 Å². The summed E-state index contributed by atoms with van der Waals surface area (Å²) in [6.07, 6.45) is 1.28. The van der Waals surface area contributed by atoms with Gasteiger partial charge in [0.1, 0.15) is 5.69 Å². The molecule has 114 valence electrons. The van der Waals surface area contributed by atoms with Crippen LogP contribution in [0.4, 0.5) is 5.69 Å². The van der Waals surface area contributed by atoms with Crippen LogP contribution in [0.15, 0.2) is 52.2 Å². The molecule has 0 saturated carbocycles. The number of carboxylic acid groups (broad SMARTS) is 1. The zero-order valence-electron chi connectivity index (χ0n) is 11.5. The van der Waals surface area contributed by atoms with Crippen molar-refractivity contribution < 1.29 is 22.7 Å². The highest BCUT2D eigenvalue weighted by molar-refractivity contribution is 7.92. The topological polar surface area (TPSA) is 104 Å². The van der Waals surface area contributed by atoms with E-state index in [1.165, 1.54) is 31.5 Å². The van der Waals surface area contributed by atoms with Crippen LogP contribution in [-0.4, -0.2) is 31.5 Å². The molecule has 8 heteroatoms. The fourth-order valence-corrected chi connectivity index (χ4v) is 3.30. The molecule has 0 radical (unpaired) electrons. The lowest BCUT2D eigenvalue weighted by Crippen LogP contribution is -2.26. The van der Waals surface area contributed by atoms with Crippen LogP contribution in [0.25, 0.3) is 10.9 Å². The average Bonchev–Trinajstić information content (AvgIpc) is 3.14. The maximum Gasteiger partial charge on any atom is 0.352 e. The molecular weight excluding hydrogens is 308 g/mol. The number of nitrogens with zero attached hydrogens (tertiary/aromatic N) is 1. The summed E-state index contributed by atoms with van der Waals surface area (Å²) in [6.45, 7) is 0. The summed E-state index contributed by atoms with van der Waals surface area (Å²) in [5, 5.41) is 9.47. The molecule has 0 saturated heterocycles. The molecule has 0 unspecified atom stereocenters. The molecular formula is C14H12N2O5S. The molecule has 3 aromatic rings. The van der Waals surface area contributed by atoms with Gasteiger partial charge >= 0.3 is 5.97 Å². The first kappa shape index (κ1) is 14.2. The van der Waals surface area contributed by atoms with E-state index in [9.17, 15) is 13.2 Å². The molecule has 3 rings (SSSR count). The zero-order chi connectivity index (χ0) is 15.9. The number of fused-ring (bicyclic) bond motifs is 1. The zero-order valence-corrected chi connectivity index (χ0v) is 12.3. The molecule has 0 spiro atoms. The van der Waals surface area contributed by atoms with Crippen LogP contribution in [0.3, 0.4) is 0 Å². The van der Waals surface area contributed by atoms with E-state index in [0.717, 1.165) is 4.31 Å². The molecule has 2 N–H and O–H groups in total. The maximum atomic E-state index is 12.5. The molecule has 0 atom stereocenters. The van der Waals surface area contributed by atoms with E-state index >= 15 is 0 Å². The van der Waals surface area contributed by atoms with Gasteiger partial charge in [-0.15, -0.1) is 0 Å². The Morgan fingerprint density at radius 1 is 1.27 bits per heavy atom. The fourth-order valence-electron chi connectivity index (χ4n) is 2.19. The van der Waals surface area contributed by atoms with Crippen LogP contribution in [0, 0.1) is 0 Å². The van der Waals surface area contributed by atoms with Crippen LogP contribution in [0.5, 0.6) is 0 Å². The van der Waals surface area contributed by atoms with Crippen molar-refractivity contribution in [1.82, 2.24) is 4.98 Å². The van der Waals surface area contributed by atoms with Crippen molar-refractivity contribution in [2.24, 2.45) is 0 Å². The Bertz CT molecular complexity index is 941. The number of sulfonamides is 1. The number of benzene rings is 1. The summed E-state index contributed by atoms with van der Waals surface area (Å²) in [6, 6.07) is 9.24. The summed E-state index contributed by atoms with van der Waals surface area (Å²) in [5.41, 5.74) is 0.755. The standard InChI is InChI=1S/C14H12N2O5S/c1-16(22(19,20)12-6-3-7-21-12)11-5-2-4-9-8-10(14(17)18)15-13(9)11/h2-8,15H,1H3,(H,17,18). The number of furan rings is 1. The van der Waals surface area contributed by atoms with E-state index in [1.54, 1.807) is 18.2 Å². The minimum atomic E-state index is -3.85. The van der Waals surface area contributed by atoms with E-state index < -0.39 is 16.0 Å². The van der Waals surface area contributed by atoms with Crippen molar-refractivity contribution in [1.29, 1.82) is 0 Å². The monoisotopic (exact) mass is 320 g/mol. The highest BCUT2D eigenvalue weighted by atomic mass is 32.2. The van der Waals surface area contributed by atoms with Gasteiger partial charge < -0.3 is 14.5 Å². The number of aromatic nitrogens is 1. The number of para-hydroxylation sites is 1. The Balaban J connectivity index is 2.16. The second-order valence-corrected chi connectivity index (χ2v) is 6.53. The molecule has 2 heterocycles. The number of hydrogen-bond donors (Lipinski definition) is 2. The third kappa shape index (κ3) is 2.13. The molecule has 7 nitrogen and oxygen atoms in total. The van der Waals surface area contributed by atoms with Crippen molar-refractivity contribution in [3.8, 4) is 0 Å². The number of nitrogens with one attached hydrogen (secondary N) is 1. The number of carboxylic acids is 1. The molecule has 0 amide bonds. The summed E-state index contributed by atoms with van der Waals surface area (Å²) >= 11 is 0. The van der Waals surface area contributed by atoms with E-state index in [2.05, 4.69) is 4.98 Å². The maximum absolute atomic E-state index is 12.5. The predicted octanol–water partition coefficient (Wildman–Crippen LogP) is 2.28. The Hall–Kier alpha value is -2.74. The summed E-state index contributed by atoms with van der Waals surface area (Å²) in [5.74, 6) is -1.11. The highest BCUT2D eigenvalue weighted by Gasteiger charge is 2.26. The van der Waals surface area contributed by atoms with Gasteiger partial charge in [-0.1, -0.05) is 12.1 Å². The SMILES string of the molecule is CN(c1cccc2cc(C(=O)O)[nH]c12)S(=O)(=O)c1ccco1. The van der Waals surface area contributed by atoms with Crippen molar-refractivity contribution in [3.05, 3.63) is 48.4 Å². The summed E-state index contributed by atoms with van der Waals surface area (Å²) in [7, 11) is -2.47. The van der Waals surface area contributed by atoms with Crippen LogP contribution in [-0.2, 0) is 10.0 Å². The quantitative estimate of drug-likeness (QED) is 0.767. The van der Waals surface area contributed by atoms with Crippen LogP contribution in [0.2, 0.25) is 0 Å². The van der Waals surface area contributed by atoms with Gasteiger partial charge in [-0.2, -0.15) is 8.42 Å². The number of rotatable bonds is 4. The van der Waals surface area contributed by atoms with Crippen molar-refractivity contribution >= 4 is 32.6 Å². The molecule has 0 bridgehead atoms. The van der Waals surface area contributed by atoms with Gasteiger partial charge in [-0.05, 0) is 24.3 Å². The molecule has 2 aromatic heterocycles. The van der Waals surface area contributed by atoms with E-state index in [4.69, 9.17) is 9.52 Å². The third-order valence-corrected chi connectivity index (χ3v) is 4.97. The number of anilines is 1. The Morgan fingerprint density at radius 2 is 2.05 bits per heavy atom. The van der Waals surface area contributed by atoms with Crippen LogP contribution >= 0.6 is 0 Å². The van der Waals surface area contributed by atoms with E-state index in [-0.39, 0.29) is 10.8 Å². The second-order valence-electron chi connectivity index (χ2n) is 4.63. The molecule has 22 heavy (non-hydrogen) atoms. The first-order chi connectivity index (χ1) is 10.4. The number of H-pyrrole nitrogens is 1. The molecule has 0 fully saturated rings. The van der Waals surface area contributed by atoms with Gasteiger partial charge in [-0.3, -0.25) is 4.31 Å². The Morgan fingerprint density at radius 3 is 2.68 bits per heavy atom. The van der Waals surface area contributed by atoms with Crippen molar-refractivity contribution in [2.45, 2.75) is 5.09 Å². The minimum absolute atomic E-state index is 0.00811. The predicted molar refractivity (Wildman–Crippen MR) is 79.6 cm³/mol. The van der Waals surface area contributed by atoms with Gasteiger partial charge in [0, 0.05) is 12.4 Å². The molecule has 1 aromatic carbocycles. The van der Waals surface area contributed by atoms with Crippen LogP contribution in [0.1, 0.15) is 10.5 Å². The largest absolute Gasteiger partial charge is 0.477 e. The van der Waals surface area contributed by atoms with Gasteiger partial charge in [0.25, 0.3) is 10.0 Å². The summed E-state index contributed by atoms with van der Waals surface area (Å²) < 4.78 is 31.0. The van der Waals surface area contributed by atoms with Crippen LogP contribution < -0.4 is 4.31 Å². The van der Waals surface area contributed by atoms with Crippen molar-refractivity contribution in [2.75, 3.05) is 11.4 Å². The molecule has 0 aliphatic heterocycles. The number of aromatic amines is 1. The first-order valence-electron chi connectivity index (χ1n) is 6.29. The average molecular weight is 320 g/mol. The van der Waals surface area contributed by atoms with E-state index in [0.29, 0.717) is 16.6 Å². The third-order valence-electron chi connectivity index (χ3n) is 3.31. The Kier molecular flexibility index (Phi) is 3.18. The summed E-state index contributed by atoms with van der Waals surface area (Å²) in [4.78, 5) is 13.8. The molecule has 0 aliphatic carbocycles. The minimum Gasteiger partial charge on any atom is -0.477 e. The second kappa shape index (κ2) is 4.92. The lowest BCUT2D eigenvalue weighted by atomic mass is 10.2.